The summed E-state index contributed by atoms with van der Waals surface area (Å²) in [6.45, 7) is 2.03. The SMILES string of the molecule is COc1cccc(F)c1C(N)c1ccc2c(c1)CC(C)O2. The van der Waals surface area contributed by atoms with Gasteiger partial charge in [-0.2, -0.15) is 0 Å². The van der Waals surface area contributed by atoms with E-state index >= 15 is 0 Å². The Hall–Kier alpha value is -2.07. The number of rotatable bonds is 3. The highest BCUT2D eigenvalue weighted by atomic mass is 19.1. The van der Waals surface area contributed by atoms with E-state index in [9.17, 15) is 4.39 Å². The minimum absolute atomic E-state index is 0.175. The predicted octanol–water partition coefficient (Wildman–Crippen LogP) is 3.21. The number of fused-ring (bicyclic) bond motifs is 1. The van der Waals surface area contributed by atoms with Gasteiger partial charge in [-0.25, -0.2) is 4.39 Å². The third kappa shape index (κ3) is 2.47. The first kappa shape index (κ1) is 13.9. The number of halogens is 1. The highest BCUT2D eigenvalue weighted by molar-refractivity contribution is 5.47. The van der Waals surface area contributed by atoms with Gasteiger partial charge in [0.1, 0.15) is 23.4 Å². The van der Waals surface area contributed by atoms with Crippen molar-refractivity contribution in [3.8, 4) is 11.5 Å². The van der Waals surface area contributed by atoms with Crippen LogP contribution in [0.2, 0.25) is 0 Å². The summed E-state index contributed by atoms with van der Waals surface area (Å²) in [6.07, 6.45) is 1.03. The Kier molecular flexibility index (Phi) is 3.55. The third-order valence-electron chi connectivity index (χ3n) is 3.82. The van der Waals surface area contributed by atoms with Crippen LogP contribution in [-0.4, -0.2) is 13.2 Å². The number of nitrogens with two attached hydrogens (primary N) is 1. The van der Waals surface area contributed by atoms with E-state index in [2.05, 4.69) is 0 Å². The maximum Gasteiger partial charge on any atom is 0.132 e. The molecule has 3 nitrogen and oxygen atoms in total. The Morgan fingerprint density at radius 1 is 1.33 bits per heavy atom. The molecule has 1 heterocycles. The van der Waals surface area contributed by atoms with Gasteiger partial charge in [-0.05, 0) is 36.2 Å². The van der Waals surface area contributed by atoms with Crippen LogP contribution in [0.25, 0.3) is 0 Å². The van der Waals surface area contributed by atoms with Gasteiger partial charge >= 0.3 is 0 Å². The zero-order valence-corrected chi connectivity index (χ0v) is 12.1. The minimum Gasteiger partial charge on any atom is -0.496 e. The van der Waals surface area contributed by atoms with Crippen molar-refractivity contribution in [1.82, 2.24) is 0 Å². The summed E-state index contributed by atoms with van der Waals surface area (Å²) in [5, 5.41) is 0. The fourth-order valence-corrected chi connectivity index (χ4v) is 2.80. The molecule has 4 heteroatoms. The smallest absolute Gasteiger partial charge is 0.132 e. The van der Waals surface area contributed by atoms with Crippen molar-refractivity contribution < 1.29 is 13.9 Å². The molecule has 3 rings (SSSR count). The van der Waals surface area contributed by atoms with E-state index < -0.39 is 6.04 Å². The maximum absolute atomic E-state index is 14.1. The van der Waals surface area contributed by atoms with Gasteiger partial charge in [0.05, 0.1) is 18.7 Å². The van der Waals surface area contributed by atoms with Crippen LogP contribution >= 0.6 is 0 Å². The van der Waals surface area contributed by atoms with Crippen molar-refractivity contribution in [3.05, 3.63) is 58.9 Å². The van der Waals surface area contributed by atoms with Crippen LogP contribution in [0.1, 0.15) is 29.7 Å². The quantitative estimate of drug-likeness (QED) is 0.942. The molecule has 0 saturated heterocycles. The molecule has 0 saturated carbocycles. The summed E-state index contributed by atoms with van der Waals surface area (Å²) in [6, 6.07) is 9.95. The highest BCUT2D eigenvalue weighted by Gasteiger charge is 2.23. The topological polar surface area (TPSA) is 44.5 Å². The Labute approximate surface area is 123 Å². The first-order valence-electron chi connectivity index (χ1n) is 6.97. The van der Waals surface area contributed by atoms with Crippen molar-refractivity contribution >= 4 is 0 Å². The molecule has 2 aromatic carbocycles. The molecular formula is C17H18FNO2. The zero-order valence-electron chi connectivity index (χ0n) is 12.1. The molecule has 0 radical (unpaired) electrons. The Balaban J connectivity index is 2.00. The molecule has 2 N–H and O–H groups in total. The average molecular weight is 287 g/mol. The van der Waals surface area contributed by atoms with E-state index in [0.717, 1.165) is 23.3 Å². The van der Waals surface area contributed by atoms with Crippen molar-refractivity contribution in [3.63, 3.8) is 0 Å². The average Bonchev–Trinajstić information content (AvgIpc) is 2.85. The molecular weight excluding hydrogens is 269 g/mol. The van der Waals surface area contributed by atoms with E-state index in [0.29, 0.717) is 11.3 Å². The molecule has 1 aliphatic heterocycles. The van der Waals surface area contributed by atoms with E-state index in [-0.39, 0.29) is 11.9 Å². The highest BCUT2D eigenvalue weighted by Crippen LogP contribution is 2.35. The molecule has 110 valence electrons. The Morgan fingerprint density at radius 2 is 2.14 bits per heavy atom. The van der Waals surface area contributed by atoms with Crippen molar-refractivity contribution in [2.75, 3.05) is 7.11 Å². The molecule has 2 unspecified atom stereocenters. The standard InChI is InChI=1S/C17H18FNO2/c1-10-8-12-9-11(6-7-14(12)21-10)17(19)16-13(18)4-3-5-15(16)20-2/h3-7,9-10,17H,8,19H2,1-2H3. The zero-order chi connectivity index (χ0) is 15.0. The molecule has 1 aliphatic rings. The lowest BCUT2D eigenvalue weighted by molar-refractivity contribution is 0.254. The first-order chi connectivity index (χ1) is 10.1. The van der Waals surface area contributed by atoms with Crippen LogP contribution in [0.3, 0.4) is 0 Å². The molecule has 0 aliphatic carbocycles. The van der Waals surface area contributed by atoms with Gasteiger partial charge in [0, 0.05) is 6.42 Å². The third-order valence-corrected chi connectivity index (χ3v) is 3.82. The summed E-state index contributed by atoms with van der Waals surface area (Å²) < 4.78 is 25.0. The van der Waals surface area contributed by atoms with Crippen LogP contribution in [-0.2, 0) is 6.42 Å². The molecule has 2 atom stereocenters. The van der Waals surface area contributed by atoms with Crippen LogP contribution in [0, 0.1) is 5.82 Å². The fourth-order valence-electron chi connectivity index (χ4n) is 2.80. The van der Waals surface area contributed by atoms with Crippen molar-refractivity contribution in [1.29, 1.82) is 0 Å². The van der Waals surface area contributed by atoms with Gasteiger partial charge in [-0.3, -0.25) is 0 Å². The van der Waals surface area contributed by atoms with Gasteiger partial charge in [0.15, 0.2) is 0 Å². The van der Waals surface area contributed by atoms with Crippen molar-refractivity contribution in [2.45, 2.75) is 25.5 Å². The van der Waals surface area contributed by atoms with Gasteiger partial charge in [-0.1, -0.05) is 18.2 Å². The second-order valence-electron chi connectivity index (χ2n) is 5.33. The van der Waals surface area contributed by atoms with Crippen LogP contribution < -0.4 is 15.2 Å². The molecule has 0 bridgehead atoms. The Morgan fingerprint density at radius 3 is 2.90 bits per heavy atom. The minimum atomic E-state index is -0.567. The molecule has 0 aromatic heterocycles. The fraction of sp³-hybridized carbons (Fsp3) is 0.294. The normalized spacial score (nSPS) is 18.0. The predicted molar refractivity (Wildman–Crippen MR) is 79.2 cm³/mol. The second-order valence-corrected chi connectivity index (χ2v) is 5.33. The molecule has 0 fully saturated rings. The molecule has 0 spiro atoms. The Bertz CT molecular complexity index is 672. The second kappa shape index (κ2) is 5.37. The van der Waals surface area contributed by atoms with Gasteiger partial charge in [0.2, 0.25) is 0 Å². The number of hydrogen-bond donors (Lipinski definition) is 1. The number of ether oxygens (including phenoxy) is 2. The van der Waals surface area contributed by atoms with Crippen molar-refractivity contribution in [2.24, 2.45) is 5.73 Å². The number of methoxy groups -OCH3 is 1. The lowest BCUT2D eigenvalue weighted by atomic mass is 9.96. The van der Waals surface area contributed by atoms with Gasteiger partial charge in [-0.15, -0.1) is 0 Å². The summed E-state index contributed by atoms with van der Waals surface area (Å²) in [7, 11) is 1.52. The lowest BCUT2D eigenvalue weighted by Crippen LogP contribution is -2.15. The van der Waals surface area contributed by atoms with E-state index in [1.807, 2.05) is 25.1 Å². The van der Waals surface area contributed by atoms with E-state index in [4.69, 9.17) is 15.2 Å². The van der Waals surface area contributed by atoms with Crippen LogP contribution in [0.15, 0.2) is 36.4 Å². The van der Waals surface area contributed by atoms with Crippen LogP contribution in [0.5, 0.6) is 11.5 Å². The number of hydrogen-bond acceptors (Lipinski definition) is 3. The lowest BCUT2D eigenvalue weighted by Gasteiger charge is -2.17. The maximum atomic E-state index is 14.1. The summed E-state index contributed by atoms with van der Waals surface area (Å²) in [5.74, 6) is 0.999. The first-order valence-corrected chi connectivity index (χ1v) is 6.97. The largest absolute Gasteiger partial charge is 0.496 e. The number of benzene rings is 2. The van der Waals surface area contributed by atoms with E-state index in [1.54, 1.807) is 12.1 Å². The summed E-state index contributed by atoms with van der Waals surface area (Å²) >= 11 is 0. The summed E-state index contributed by atoms with van der Waals surface area (Å²) in [4.78, 5) is 0. The molecule has 2 aromatic rings. The summed E-state index contributed by atoms with van der Waals surface area (Å²) in [5.41, 5.74) is 8.62. The molecule has 0 amide bonds. The molecule has 21 heavy (non-hydrogen) atoms. The van der Waals surface area contributed by atoms with Crippen LogP contribution in [0.4, 0.5) is 4.39 Å². The van der Waals surface area contributed by atoms with E-state index in [1.165, 1.54) is 13.2 Å². The van der Waals surface area contributed by atoms with Gasteiger partial charge < -0.3 is 15.2 Å². The van der Waals surface area contributed by atoms with Gasteiger partial charge in [0.25, 0.3) is 0 Å². The monoisotopic (exact) mass is 287 g/mol.